The number of carbonyl (C=O) groups is 1. The molecule has 2 aromatic heterocycles. The van der Waals surface area contributed by atoms with E-state index in [1.165, 1.54) is 12.1 Å². The van der Waals surface area contributed by atoms with Gasteiger partial charge in [-0.25, -0.2) is 9.07 Å². The average Bonchev–Trinajstić information content (AvgIpc) is 3.42. The van der Waals surface area contributed by atoms with E-state index >= 15 is 0 Å². The number of benzene rings is 1. The number of halogens is 1. The van der Waals surface area contributed by atoms with Gasteiger partial charge in [0.05, 0.1) is 18.8 Å². The first kappa shape index (κ1) is 19.2. The van der Waals surface area contributed by atoms with E-state index in [1.807, 2.05) is 12.1 Å². The highest BCUT2D eigenvalue weighted by atomic mass is 19.1. The lowest BCUT2D eigenvalue weighted by Gasteiger charge is -2.24. The van der Waals surface area contributed by atoms with Crippen LogP contribution in [0.1, 0.15) is 34.5 Å². The minimum atomic E-state index is -0.288. The van der Waals surface area contributed by atoms with E-state index in [2.05, 4.69) is 15.3 Å². The van der Waals surface area contributed by atoms with E-state index in [0.717, 1.165) is 30.6 Å². The van der Waals surface area contributed by atoms with Gasteiger partial charge < -0.3 is 9.64 Å². The summed E-state index contributed by atoms with van der Waals surface area (Å²) in [5.41, 5.74) is 2.15. The second-order valence-electron chi connectivity index (χ2n) is 7.10. The molecule has 1 aromatic carbocycles. The number of rotatable bonds is 7. The molecule has 0 bridgehead atoms. The zero-order chi connectivity index (χ0) is 20.1. The van der Waals surface area contributed by atoms with Crippen molar-refractivity contribution in [1.29, 1.82) is 0 Å². The standard InChI is InChI=1S/C21H22FN5O2/c22-18-5-3-16(4-6-18)13-27-15-20(24-25-27)21(28)26(14-19-2-1-11-29-19)12-17-7-9-23-10-8-17/h3-10,15,19H,1-2,11-14H2. The molecule has 0 N–H and O–H groups in total. The van der Waals surface area contributed by atoms with Gasteiger partial charge in [0.2, 0.25) is 0 Å². The Hall–Kier alpha value is -3.13. The van der Waals surface area contributed by atoms with Gasteiger partial charge in [0.15, 0.2) is 5.69 Å². The fraction of sp³-hybridized carbons (Fsp3) is 0.333. The van der Waals surface area contributed by atoms with Gasteiger partial charge >= 0.3 is 0 Å². The summed E-state index contributed by atoms with van der Waals surface area (Å²) < 4.78 is 20.4. The van der Waals surface area contributed by atoms with E-state index in [1.54, 1.807) is 40.3 Å². The maximum atomic E-state index is 13.1. The molecule has 0 spiro atoms. The van der Waals surface area contributed by atoms with Crippen LogP contribution in [-0.4, -0.2) is 50.0 Å². The van der Waals surface area contributed by atoms with Crippen LogP contribution in [-0.2, 0) is 17.8 Å². The predicted molar refractivity (Wildman–Crippen MR) is 103 cm³/mol. The van der Waals surface area contributed by atoms with Crippen LogP contribution in [0.2, 0.25) is 0 Å². The Morgan fingerprint density at radius 3 is 2.69 bits per heavy atom. The number of carbonyl (C=O) groups excluding carboxylic acids is 1. The molecule has 1 aliphatic rings. The molecule has 1 atom stereocenters. The van der Waals surface area contributed by atoms with Crippen molar-refractivity contribution in [2.24, 2.45) is 0 Å². The summed E-state index contributed by atoms with van der Waals surface area (Å²) in [6.07, 6.45) is 7.04. The lowest BCUT2D eigenvalue weighted by Crippen LogP contribution is -2.37. The Bertz CT molecular complexity index is 939. The lowest BCUT2D eigenvalue weighted by atomic mass is 10.2. The van der Waals surface area contributed by atoms with Crippen molar-refractivity contribution >= 4 is 5.91 Å². The largest absolute Gasteiger partial charge is 0.376 e. The minimum Gasteiger partial charge on any atom is -0.376 e. The molecule has 0 radical (unpaired) electrons. The summed E-state index contributed by atoms with van der Waals surface area (Å²) in [4.78, 5) is 18.9. The van der Waals surface area contributed by atoms with Crippen LogP contribution in [0.5, 0.6) is 0 Å². The van der Waals surface area contributed by atoms with Crippen molar-refractivity contribution in [2.75, 3.05) is 13.2 Å². The Morgan fingerprint density at radius 1 is 1.17 bits per heavy atom. The highest BCUT2D eigenvalue weighted by Crippen LogP contribution is 2.17. The number of amides is 1. The Kier molecular flexibility index (Phi) is 5.90. The van der Waals surface area contributed by atoms with Crippen molar-refractivity contribution in [3.05, 3.63) is 77.6 Å². The average molecular weight is 395 g/mol. The number of nitrogens with zero attached hydrogens (tertiary/aromatic N) is 5. The number of ether oxygens (including phenoxy) is 1. The molecule has 1 aliphatic heterocycles. The summed E-state index contributed by atoms with van der Waals surface area (Å²) >= 11 is 0. The molecule has 150 valence electrons. The van der Waals surface area contributed by atoms with Crippen LogP contribution in [0, 0.1) is 5.82 Å². The van der Waals surface area contributed by atoms with Crippen LogP contribution >= 0.6 is 0 Å². The van der Waals surface area contributed by atoms with Crippen LogP contribution in [0.15, 0.2) is 55.0 Å². The molecular weight excluding hydrogens is 373 g/mol. The summed E-state index contributed by atoms with van der Waals surface area (Å²) in [7, 11) is 0. The van der Waals surface area contributed by atoms with Gasteiger partial charge in [0, 0.05) is 32.1 Å². The van der Waals surface area contributed by atoms with Gasteiger partial charge in [-0.15, -0.1) is 5.10 Å². The molecule has 3 heterocycles. The van der Waals surface area contributed by atoms with Gasteiger partial charge in [0.1, 0.15) is 5.82 Å². The second kappa shape index (κ2) is 8.91. The monoisotopic (exact) mass is 395 g/mol. The third kappa shape index (κ3) is 5.03. The normalized spacial score (nSPS) is 16.1. The molecule has 29 heavy (non-hydrogen) atoms. The molecule has 0 saturated carbocycles. The number of pyridine rings is 1. The molecule has 8 heteroatoms. The third-order valence-corrected chi connectivity index (χ3v) is 4.87. The van der Waals surface area contributed by atoms with E-state index in [0.29, 0.717) is 19.6 Å². The summed E-state index contributed by atoms with van der Waals surface area (Å²) in [6.45, 7) is 2.10. The first-order chi connectivity index (χ1) is 14.2. The summed E-state index contributed by atoms with van der Waals surface area (Å²) in [6, 6.07) is 9.95. The van der Waals surface area contributed by atoms with Crippen LogP contribution in [0.3, 0.4) is 0 Å². The van der Waals surface area contributed by atoms with Crippen LogP contribution < -0.4 is 0 Å². The molecular formula is C21H22FN5O2. The Labute approximate surface area is 168 Å². The molecule has 3 aromatic rings. The fourth-order valence-electron chi connectivity index (χ4n) is 3.37. The van der Waals surface area contributed by atoms with Crippen molar-refractivity contribution < 1.29 is 13.9 Å². The van der Waals surface area contributed by atoms with Gasteiger partial charge in [0.25, 0.3) is 5.91 Å². The van der Waals surface area contributed by atoms with Crippen molar-refractivity contribution in [3.63, 3.8) is 0 Å². The quantitative estimate of drug-likeness (QED) is 0.615. The SMILES string of the molecule is O=C(c1cn(Cc2ccc(F)cc2)nn1)N(Cc1ccncc1)CC1CCCO1. The molecule has 1 amide bonds. The molecule has 1 fully saturated rings. The van der Waals surface area contributed by atoms with Crippen molar-refractivity contribution in [1.82, 2.24) is 24.9 Å². The minimum absolute atomic E-state index is 0.0371. The molecule has 4 rings (SSSR count). The second-order valence-corrected chi connectivity index (χ2v) is 7.10. The Morgan fingerprint density at radius 2 is 1.97 bits per heavy atom. The number of hydrogen-bond acceptors (Lipinski definition) is 5. The van der Waals surface area contributed by atoms with E-state index in [-0.39, 0.29) is 23.5 Å². The summed E-state index contributed by atoms with van der Waals surface area (Å²) in [5.74, 6) is -0.480. The van der Waals surface area contributed by atoms with Crippen LogP contribution in [0.25, 0.3) is 0 Å². The van der Waals surface area contributed by atoms with E-state index in [4.69, 9.17) is 4.74 Å². The predicted octanol–water partition coefficient (Wildman–Crippen LogP) is 2.68. The first-order valence-electron chi connectivity index (χ1n) is 9.62. The zero-order valence-electron chi connectivity index (χ0n) is 15.9. The molecule has 1 saturated heterocycles. The van der Waals surface area contributed by atoms with E-state index in [9.17, 15) is 9.18 Å². The smallest absolute Gasteiger partial charge is 0.276 e. The lowest BCUT2D eigenvalue weighted by molar-refractivity contribution is 0.0502. The Balaban J connectivity index is 1.48. The van der Waals surface area contributed by atoms with Crippen molar-refractivity contribution in [2.45, 2.75) is 32.0 Å². The topological polar surface area (TPSA) is 73.1 Å². The highest BCUT2D eigenvalue weighted by molar-refractivity contribution is 5.91. The maximum absolute atomic E-state index is 13.1. The first-order valence-corrected chi connectivity index (χ1v) is 9.62. The molecule has 7 nitrogen and oxygen atoms in total. The van der Waals surface area contributed by atoms with Gasteiger partial charge in [-0.2, -0.15) is 0 Å². The molecule has 0 aliphatic carbocycles. The highest BCUT2D eigenvalue weighted by Gasteiger charge is 2.25. The van der Waals surface area contributed by atoms with Crippen molar-refractivity contribution in [3.8, 4) is 0 Å². The maximum Gasteiger partial charge on any atom is 0.276 e. The zero-order valence-corrected chi connectivity index (χ0v) is 15.9. The van der Waals surface area contributed by atoms with Crippen LogP contribution in [0.4, 0.5) is 4.39 Å². The van der Waals surface area contributed by atoms with Gasteiger partial charge in [-0.05, 0) is 48.2 Å². The summed E-state index contributed by atoms with van der Waals surface area (Å²) in [5, 5.41) is 8.12. The fourth-order valence-corrected chi connectivity index (χ4v) is 3.37. The molecule has 1 unspecified atom stereocenters. The van der Waals surface area contributed by atoms with Gasteiger partial charge in [-0.3, -0.25) is 9.78 Å². The van der Waals surface area contributed by atoms with Gasteiger partial charge in [-0.1, -0.05) is 17.3 Å². The van der Waals surface area contributed by atoms with E-state index < -0.39 is 0 Å². The third-order valence-electron chi connectivity index (χ3n) is 4.87. The number of aromatic nitrogens is 4. The number of hydrogen-bond donors (Lipinski definition) is 0.